The van der Waals surface area contributed by atoms with Gasteiger partial charge in [-0.1, -0.05) is 25.5 Å². The number of rotatable bonds is 0. The second-order valence-corrected chi connectivity index (χ2v) is 9.29. The van der Waals surface area contributed by atoms with Crippen molar-refractivity contribution in [3.8, 4) is 0 Å². The van der Waals surface area contributed by atoms with E-state index in [9.17, 15) is 14.7 Å². The van der Waals surface area contributed by atoms with E-state index in [-0.39, 0.29) is 34.9 Å². The first-order valence-electron chi connectivity index (χ1n) is 9.61. The smallest absolute Gasteiger partial charge is 0.190 e. The standard InChI is InChI=1S/C21H26O4/c1-19-7-5-13(22)9-12(19)3-4-14-15-6-8-21(17(24)11-25-21)20(15,2)10-16(23)18(14)19/h5,7,9,14-16,18,23H,3-4,6,8,10-11H2,1-2H3/t14-,15-,16-,18+,19-,20-,21+/m0/s1. The van der Waals surface area contributed by atoms with Gasteiger partial charge >= 0.3 is 0 Å². The van der Waals surface area contributed by atoms with Gasteiger partial charge in [-0.25, -0.2) is 0 Å². The minimum atomic E-state index is -0.640. The first kappa shape index (κ1) is 16.0. The second kappa shape index (κ2) is 4.72. The monoisotopic (exact) mass is 342 g/mol. The molecule has 4 nitrogen and oxygen atoms in total. The highest BCUT2D eigenvalue weighted by Gasteiger charge is 2.71. The van der Waals surface area contributed by atoms with Crippen LogP contribution in [0.25, 0.3) is 0 Å². The van der Waals surface area contributed by atoms with Crippen LogP contribution in [0.3, 0.4) is 0 Å². The van der Waals surface area contributed by atoms with Crippen LogP contribution in [0, 0.1) is 28.6 Å². The fourth-order valence-electron chi connectivity index (χ4n) is 7.31. The van der Waals surface area contributed by atoms with Gasteiger partial charge in [-0.2, -0.15) is 0 Å². The van der Waals surface area contributed by atoms with Crippen LogP contribution in [0.2, 0.25) is 0 Å². The Morgan fingerprint density at radius 3 is 2.72 bits per heavy atom. The van der Waals surface area contributed by atoms with Crippen molar-refractivity contribution in [3.05, 3.63) is 23.8 Å². The number of hydrogen-bond acceptors (Lipinski definition) is 4. The number of carbonyl (C=O) groups excluding carboxylic acids is 2. The minimum absolute atomic E-state index is 0.0642. The first-order valence-corrected chi connectivity index (χ1v) is 9.61. The lowest BCUT2D eigenvalue weighted by Crippen LogP contribution is -2.67. The predicted molar refractivity (Wildman–Crippen MR) is 91.7 cm³/mol. The van der Waals surface area contributed by atoms with Gasteiger partial charge in [0, 0.05) is 16.7 Å². The molecular weight excluding hydrogens is 316 g/mol. The summed E-state index contributed by atoms with van der Waals surface area (Å²) in [7, 11) is 0. The van der Waals surface area contributed by atoms with Crippen molar-refractivity contribution >= 4 is 11.6 Å². The molecule has 1 heterocycles. The number of aliphatic hydroxyl groups excluding tert-OH is 1. The lowest BCUT2D eigenvalue weighted by molar-refractivity contribution is -0.224. The molecule has 4 fully saturated rings. The minimum Gasteiger partial charge on any atom is -0.393 e. The maximum Gasteiger partial charge on any atom is 0.190 e. The van der Waals surface area contributed by atoms with Crippen LogP contribution in [-0.2, 0) is 14.3 Å². The maximum atomic E-state index is 12.4. The Kier molecular flexibility index (Phi) is 3.01. The summed E-state index contributed by atoms with van der Waals surface area (Å²) in [6, 6.07) is 0. The van der Waals surface area contributed by atoms with Gasteiger partial charge in [0.05, 0.1) is 6.10 Å². The summed E-state index contributed by atoms with van der Waals surface area (Å²) >= 11 is 0. The third-order valence-electron chi connectivity index (χ3n) is 8.52. The summed E-state index contributed by atoms with van der Waals surface area (Å²) in [5.74, 6) is 1.21. The van der Waals surface area contributed by atoms with Gasteiger partial charge in [-0.05, 0) is 56.1 Å². The molecule has 0 amide bonds. The van der Waals surface area contributed by atoms with Crippen LogP contribution in [0.5, 0.6) is 0 Å². The van der Waals surface area contributed by atoms with Crippen LogP contribution in [0.4, 0.5) is 0 Å². The molecule has 0 aromatic rings. The number of ether oxygens (including phenoxy) is 1. The number of Topliss-reactive ketones (excluding diaryl/α,β-unsaturated/α-hetero) is 1. The Bertz CT molecular complexity index is 736. The normalized spacial score (nSPS) is 53.8. The third kappa shape index (κ3) is 1.71. The predicted octanol–water partition coefficient (Wildman–Crippen LogP) is 2.60. The van der Waals surface area contributed by atoms with Crippen LogP contribution < -0.4 is 0 Å². The Balaban J connectivity index is 1.56. The first-order chi connectivity index (χ1) is 11.8. The average Bonchev–Trinajstić information content (AvgIpc) is 2.88. The van der Waals surface area contributed by atoms with Crippen LogP contribution >= 0.6 is 0 Å². The maximum absolute atomic E-state index is 12.4. The van der Waals surface area contributed by atoms with Crippen LogP contribution in [0.1, 0.15) is 46.0 Å². The van der Waals surface area contributed by atoms with E-state index < -0.39 is 11.7 Å². The molecule has 4 heteroatoms. The molecule has 1 aliphatic heterocycles. The van der Waals surface area contributed by atoms with E-state index in [1.165, 1.54) is 5.57 Å². The van der Waals surface area contributed by atoms with Crippen molar-refractivity contribution in [3.63, 3.8) is 0 Å². The van der Waals surface area contributed by atoms with E-state index in [1.807, 2.05) is 6.08 Å². The summed E-state index contributed by atoms with van der Waals surface area (Å²) < 4.78 is 5.91. The number of fused-ring (bicyclic) bond motifs is 6. The molecular formula is C21H26O4. The molecule has 5 aliphatic rings. The van der Waals surface area contributed by atoms with Gasteiger partial charge in [-0.3, -0.25) is 9.59 Å². The zero-order valence-electron chi connectivity index (χ0n) is 15.0. The Hall–Kier alpha value is -1.26. The molecule has 7 atom stereocenters. The highest BCUT2D eigenvalue weighted by molar-refractivity contribution is 6.01. The number of carbonyl (C=O) groups is 2. The lowest BCUT2D eigenvalue weighted by atomic mass is 9.46. The summed E-state index contributed by atoms with van der Waals surface area (Å²) in [5, 5.41) is 11.2. The largest absolute Gasteiger partial charge is 0.393 e. The summed E-state index contributed by atoms with van der Waals surface area (Å²) in [6.45, 7) is 4.59. The molecule has 1 spiro atoms. The molecule has 1 N–H and O–H groups in total. The van der Waals surface area contributed by atoms with E-state index in [2.05, 4.69) is 13.8 Å². The number of aliphatic hydroxyl groups is 1. The van der Waals surface area contributed by atoms with Crippen molar-refractivity contribution in [2.75, 3.05) is 6.61 Å². The average molecular weight is 342 g/mol. The number of allylic oxidation sites excluding steroid dienone is 4. The van der Waals surface area contributed by atoms with Gasteiger partial charge in [0.25, 0.3) is 0 Å². The molecule has 134 valence electrons. The summed E-state index contributed by atoms with van der Waals surface area (Å²) in [4.78, 5) is 24.3. The Labute approximate surface area is 148 Å². The highest BCUT2D eigenvalue weighted by Crippen LogP contribution is 2.68. The molecule has 5 rings (SSSR count). The SMILES string of the molecule is C[C@]12C=CC(=O)C=C1CC[C@@H]1[C@@H]2[C@@H](O)C[C@@]2(C)[C@H]1CC[C@]21OCC1=O. The lowest BCUT2D eigenvalue weighted by Gasteiger charge is -2.61. The molecule has 25 heavy (non-hydrogen) atoms. The van der Waals surface area contributed by atoms with Crippen molar-refractivity contribution in [2.24, 2.45) is 28.6 Å². The van der Waals surface area contributed by atoms with Gasteiger partial charge in [0.15, 0.2) is 11.6 Å². The van der Waals surface area contributed by atoms with E-state index in [0.717, 1.165) is 25.7 Å². The quantitative estimate of drug-likeness (QED) is 0.735. The van der Waals surface area contributed by atoms with Crippen molar-refractivity contribution in [1.29, 1.82) is 0 Å². The molecule has 0 bridgehead atoms. The zero-order chi connectivity index (χ0) is 17.6. The second-order valence-electron chi connectivity index (χ2n) is 9.29. The van der Waals surface area contributed by atoms with Crippen molar-refractivity contribution in [2.45, 2.75) is 57.7 Å². The molecule has 0 aromatic carbocycles. The van der Waals surface area contributed by atoms with Crippen LogP contribution in [-0.4, -0.2) is 35.0 Å². The third-order valence-corrected chi connectivity index (χ3v) is 8.52. The molecule has 0 unspecified atom stereocenters. The number of ketones is 2. The molecule has 1 saturated heterocycles. The number of hydrogen-bond donors (Lipinski definition) is 1. The van der Waals surface area contributed by atoms with Gasteiger partial charge in [0.2, 0.25) is 0 Å². The van der Waals surface area contributed by atoms with Gasteiger partial charge < -0.3 is 9.84 Å². The highest BCUT2D eigenvalue weighted by atomic mass is 16.5. The van der Waals surface area contributed by atoms with E-state index in [0.29, 0.717) is 18.3 Å². The fraction of sp³-hybridized carbons (Fsp3) is 0.714. The fourth-order valence-corrected chi connectivity index (χ4v) is 7.31. The Morgan fingerprint density at radius 2 is 2.04 bits per heavy atom. The van der Waals surface area contributed by atoms with Gasteiger partial charge in [0.1, 0.15) is 12.2 Å². The van der Waals surface area contributed by atoms with Gasteiger partial charge in [-0.15, -0.1) is 0 Å². The van der Waals surface area contributed by atoms with Crippen molar-refractivity contribution in [1.82, 2.24) is 0 Å². The topological polar surface area (TPSA) is 63.6 Å². The van der Waals surface area contributed by atoms with E-state index in [1.54, 1.807) is 12.2 Å². The van der Waals surface area contributed by atoms with E-state index in [4.69, 9.17) is 4.74 Å². The summed E-state index contributed by atoms with van der Waals surface area (Å²) in [5.41, 5.74) is 0.0403. The summed E-state index contributed by atoms with van der Waals surface area (Å²) in [6.07, 6.45) is 9.35. The molecule has 4 aliphatic carbocycles. The molecule has 0 radical (unpaired) electrons. The Morgan fingerprint density at radius 1 is 1.24 bits per heavy atom. The molecule has 0 aromatic heterocycles. The van der Waals surface area contributed by atoms with E-state index >= 15 is 0 Å². The van der Waals surface area contributed by atoms with Crippen molar-refractivity contribution < 1.29 is 19.4 Å². The van der Waals surface area contributed by atoms with Crippen LogP contribution in [0.15, 0.2) is 23.8 Å². The molecule has 3 saturated carbocycles. The zero-order valence-corrected chi connectivity index (χ0v) is 15.0.